The number of hydrogen-bond donors (Lipinski definition) is 2. The van der Waals surface area contributed by atoms with Gasteiger partial charge in [-0.05, 0) is 55.8 Å². The summed E-state index contributed by atoms with van der Waals surface area (Å²) in [6, 6.07) is 10.6. The maximum atomic E-state index is 12.3. The average Bonchev–Trinajstić information content (AvgIpc) is 2.63. The highest BCUT2D eigenvalue weighted by molar-refractivity contribution is 5.95. The minimum atomic E-state index is -4.77. The summed E-state index contributed by atoms with van der Waals surface area (Å²) in [5.74, 6) is -1.03. The van der Waals surface area contributed by atoms with Crippen molar-refractivity contribution in [1.29, 1.82) is 0 Å². The molecule has 0 saturated carbocycles. The van der Waals surface area contributed by atoms with Gasteiger partial charge in [-0.2, -0.15) is 0 Å². The number of alkyl halides is 3. The Balaban J connectivity index is 1.85. The van der Waals surface area contributed by atoms with Gasteiger partial charge in [0.2, 0.25) is 11.8 Å². The zero-order valence-electron chi connectivity index (χ0n) is 17.0. The predicted octanol–water partition coefficient (Wildman–Crippen LogP) is 3.97. The van der Waals surface area contributed by atoms with E-state index in [1.807, 2.05) is 32.0 Å². The number of carbonyl (C=O) groups is 2. The molecule has 30 heavy (non-hydrogen) atoms. The molecule has 9 heteroatoms. The number of halogens is 3. The highest BCUT2D eigenvalue weighted by atomic mass is 19.4. The van der Waals surface area contributed by atoms with Crippen molar-refractivity contribution in [2.75, 3.05) is 30.8 Å². The number of benzene rings is 2. The summed E-state index contributed by atoms with van der Waals surface area (Å²) in [4.78, 5) is 26.0. The lowest BCUT2D eigenvalue weighted by molar-refractivity contribution is -0.274. The summed E-state index contributed by atoms with van der Waals surface area (Å²) < 4.78 is 40.3. The molecule has 0 fully saturated rings. The SMILES string of the molecule is CCc1cccc(C)c1NC(=O)CN(C)CC(=O)Nc1ccc(OC(F)(F)F)cc1. The molecule has 6 nitrogen and oxygen atoms in total. The van der Waals surface area contributed by atoms with E-state index in [9.17, 15) is 22.8 Å². The molecule has 162 valence electrons. The normalized spacial score (nSPS) is 11.3. The van der Waals surface area contributed by atoms with E-state index < -0.39 is 12.3 Å². The number of likely N-dealkylation sites (N-methyl/N-ethyl adjacent to an activating group) is 1. The Kier molecular flexibility index (Phi) is 7.82. The molecule has 0 aromatic heterocycles. The largest absolute Gasteiger partial charge is 0.573 e. The van der Waals surface area contributed by atoms with Gasteiger partial charge >= 0.3 is 6.36 Å². The second kappa shape index (κ2) is 10.1. The number of nitrogens with one attached hydrogen (secondary N) is 2. The quantitative estimate of drug-likeness (QED) is 0.674. The number of hydrogen-bond acceptors (Lipinski definition) is 4. The topological polar surface area (TPSA) is 70.7 Å². The maximum absolute atomic E-state index is 12.3. The first-order chi connectivity index (χ1) is 14.1. The zero-order valence-corrected chi connectivity index (χ0v) is 17.0. The van der Waals surface area contributed by atoms with E-state index in [1.54, 1.807) is 7.05 Å². The number of nitrogens with zero attached hydrogens (tertiary/aromatic N) is 1. The Bertz CT molecular complexity index is 883. The Hall–Kier alpha value is -3.07. The molecule has 0 atom stereocenters. The Morgan fingerprint density at radius 2 is 1.60 bits per heavy atom. The second-order valence-electron chi connectivity index (χ2n) is 6.80. The third-order valence-corrected chi connectivity index (χ3v) is 4.20. The molecular formula is C21H24F3N3O3. The monoisotopic (exact) mass is 423 g/mol. The van der Waals surface area contributed by atoms with Crippen molar-refractivity contribution in [2.24, 2.45) is 0 Å². The van der Waals surface area contributed by atoms with Crippen molar-refractivity contribution >= 4 is 23.2 Å². The summed E-state index contributed by atoms with van der Waals surface area (Å²) >= 11 is 0. The van der Waals surface area contributed by atoms with Crippen LogP contribution in [0.3, 0.4) is 0 Å². The molecule has 2 N–H and O–H groups in total. The van der Waals surface area contributed by atoms with E-state index in [2.05, 4.69) is 15.4 Å². The maximum Gasteiger partial charge on any atom is 0.573 e. The summed E-state index contributed by atoms with van der Waals surface area (Å²) in [5.41, 5.74) is 3.09. The molecule has 2 aromatic carbocycles. The van der Waals surface area contributed by atoms with Crippen molar-refractivity contribution in [3.8, 4) is 5.75 Å². The number of aryl methyl sites for hydroxylation is 2. The molecular weight excluding hydrogens is 399 g/mol. The van der Waals surface area contributed by atoms with Crippen molar-refractivity contribution in [2.45, 2.75) is 26.6 Å². The van der Waals surface area contributed by atoms with Crippen molar-refractivity contribution in [1.82, 2.24) is 4.90 Å². The van der Waals surface area contributed by atoms with Crippen LogP contribution in [0.25, 0.3) is 0 Å². The molecule has 2 rings (SSSR count). The third kappa shape index (κ3) is 7.40. The highest BCUT2D eigenvalue weighted by Crippen LogP contribution is 2.24. The first kappa shape index (κ1) is 23.2. The van der Waals surface area contributed by atoms with Crippen molar-refractivity contribution in [3.63, 3.8) is 0 Å². The van der Waals surface area contributed by atoms with Crippen molar-refractivity contribution < 1.29 is 27.5 Å². The summed E-state index contributed by atoms with van der Waals surface area (Å²) in [7, 11) is 1.62. The zero-order chi connectivity index (χ0) is 22.3. The fourth-order valence-corrected chi connectivity index (χ4v) is 2.87. The van der Waals surface area contributed by atoms with Crippen LogP contribution in [0.2, 0.25) is 0 Å². The van der Waals surface area contributed by atoms with Crippen LogP contribution in [0.1, 0.15) is 18.1 Å². The van der Waals surface area contributed by atoms with E-state index in [1.165, 1.54) is 17.0 Å². The van der Waals surface area contributed by atoms with Crippen molar-refractivity contribution in [3.05, 3.63) is 53.6 Å². The van der Waals surface area contributed by atoms with Gasteiger partial charge in [-0.15, -0.1) is 13.2 Å². The smallest absolute Gasteiger partial charge is 0.406 e. The standard InChI is InChI=1S/C21H24F3N3O3/c1-4-15-7-5-6-14(2)20(15)26-19(29)13-27(3)12-18(28)25-16-8-10-17(11-9-16)30-21(22,23)24/h5-11H,4,12-13H2,1-3H3,(H,25,28)(H,26,29). The number of rotatable bonds is 8. The number of carbonyl (C=O) groups excluding carboxylic acids is 2. The highest BCUT2D eigenvalue weighted by Gasteiger charge is 2.31. The van der Waals surface area contributed by atoms with Gasteiger partial charge in [-0.3, -0.25) is 14.5 Å². The van der Waals surface area contributed by atoms with Gasteiger partial charge in [0.25, 0.3) is 0 Å². The van der Waals surface area contributed by atoms with Gasteiger partial charge in [0.05, 0.1) is 13.1 Å². The average molecular weight is 423 g/mol. The van der Waals surface area contributed by atoms with E-state index in [0.29, 0.717) is 5.69 Å². The van der Waals surface area contributed by atoms with Gasteiger partial charge in [0.15, 0.2) is 0 Å². The Labute approximate surface area is 173 Å². The lowest BCUT2D eigenvalue weighted by Gasteiger charge is -2.18. The molecule has 2 amide bonds. The molecule has 0 saturated heterocycles. The van der Waals surface area contributed by atoms with Crippen LogP contribution in [0.5, 0.6) is 5.75 Å². The molecule has 0 heterocycles. The number of amides is 2. The Morgan fingerprint density at radius 1 is 1.00 bits per heavy atom. The lowest BCUT2D eigenvalue weighted by atomic mass is 10.1. The van der Waals surface area contributed by atoms with Crippen LogP contribution in [-0.4, -0.2) is 43.2 Å². The van der Waals surface area contributed by atoms with E-state index in [4.69, 9.17) is 0 Å². The first-order valence-corrected chi connectivity index (χ1v) is 9.30. The minimum absolute atomic E-state index is 0.00324. The summed E-state index contributed by atoms with van der Waals surface area (Å²) in [6.45, 7) is 3.85. The van der Waals surface area contributed by atoms with Crippen LogP contribution in [0.15, 0.2) is 42.5 Å². The first-order valence-electron chi connectivity index (χ1n) is 9.30. The number of anilines is 2. The van der Waals surface area contributed by atoms with Gasteiger partial charge in [-0.25, -0.2) is 0 Å². The van der Waals surface area contributed by atoms with Crippen LogP contribution < -0.4 is 15.4 Å². The molecule has 0 aliphatic carbocycles. The third-order valence-electron chi connectivity index (χ3n) is 4.20. The fraction of sp³-hybridized carbons (Fsp3) is 0.333. The molecule has 0 unspecified atom stereocenters. The lowest BCUT2D eigenvalue weighted by Crippen LogP contribution is -2.36. The van der Waals surface area contributed by atoms with Crippen LogP contribution in [0, 0.1) is 6.92 Å². The molecule has 0 radical (unpaired) electrons. The van der Waals surface area contributed by atoms with E-state index in [-0.39, 0.29) is 24.7 Å². The minimum Gasteiger partial charge on any atom is -0.406 e. The molecule has 0 spiro atoms. The Morgan fingerprint density at radius 3 is 2.17 bits per heavy atom. The van der Waals surface area contributed by atoms with E-state index >= 15 is 0 Å². The summed E-state index contributed by atoms with van der Waals surface area (Å²) in [5, 5.41) is 5.45. The second-order valence-corrected chi connectivity index (χ2v) is 6.80. The van der Waals surface area contributed by atoms with Gasteiger partial charge in [-0.1, -0.05) is 25.1 Å². The van der Waals surface area contributed by atoms with E-state index in [0.717, 1.165) is 35.4 Å². The number of para-hydroxylation sites is 1. The van der Waals surface area contributed by atoms with Gasteiger partial charge in [0.1, 0.15) is 5.75 Å². The molecule has 2 aromatic rings. The molecule has 0 aliphatic heterocycles. The summed E-state index contributed by atoms with van der Waals surface area (Å²) in [6.07, 6.45) is -3.99. The molecule has 0 aliphatic rings. The number of ether oxygens (including phenoxy) is 1. The van der Waals surface area contributed by atoms with Gasteiger partial charge in [0, 0.05) is 11.4 Å². The van der Waals surface area contributed by atoms with Crippen LogP contribution in [-0.2, 0) is 16.0 Å². The predicted molar refractivity (Wildman–Crippen MR) is 108 cm³/mol. The fourth-order valence-electron chi connectivity index (χ4n) is 2.87. The van der Waals surface area contributed by atoms with Crippen LogP contribution in [0.4, 0.5) is 24.5 Å². The van der Waals surface area contributed by atoms with Crippen LogP contribution >= 0.6 is 0 Å². The van der Waals surface area contributed by atoms with Gasteiger partial charge < -0.3 is 15.4 Å². The molecule has 0 bridgehead atoms.